The van der Waals surface area contributed by atoms with Crippen LogP contribution in [0.1, 0.15) is 16.1 Å². The fourth-order valence-electron chi connectivity index (χ4n) is 2.52. The van der Waals surface area contributed by atoms with Crippen molar-refractivity contribution < 1.29 is 13.9 Å². The van der Waals surface area contributed by atoms with Gasteiger partial charge < -0.3 is 14.5 Å². The first-order valence-electron chi connectivity index (χ1n) is 8.18. The van der Waals surface area contributed by atoms with Gasteiger partial charge in [-0.05, 0) is 46.8 Å². The van der Waals surface area contributed by atoms with Crippen molar-refractivity contribution in [2.24, 2.45) is 0 Å². The molecule has 2 aromatic heterocycles. The molecule has 0 saturated heterocycles. The second-order valence-corrected chi connectivity index (χ2v) is 5.62. The lowest BCUT2D eigenvalue weighted by atomic mass is 10.2. The predicted molar refractivity (Wildman–Crippen MR) is 96.6 cm³/mol. The fourth-order valence-corrected chi connectivity index (χ4v) is 2.52. The number of carbonyl (C=O) groups is 1. The first-order valence-corrected chi connectivity index (χ1v) is 8.18. The number of hydrogen-bond donors (Lipinski definition) is 1. The molecule has 0 aliphatic heterocycles. The molecule has 27 heavy (non-hydrogen) atoms. The van der Waals surface area contributed by atoms with E-state index in [9.17, 15) is 4.79 Å². The highest BCUT2D eigenvalue weighted by Gasteiger charge is 2.16. The molecule has 0 fully saturated rings. The molecule has 8 heteroatoms. The molecule has 8 nitrogen and oxygen atoms in total. The third kappa shape index (κ3) is 3.84. The van der Waals surface area contributed by atoms with Crippen LogP contribution in [0.4, 0.5) is 5.69 Å². The van der Waals surface area contributed by atoms with E-state index in [-0.39, 0.29) is 12.5 Å². The molecule has 0 aliphatic carbocycles. The maximum atomic E-state index is 12.6. The SMILES string of the molecule is O=C(Nc1cccc(-n2cnnn2)c1)c1ccoc1COc1ccccc1. The van der Waals surface area contributed by atoms with Crippen LogP contribution in [0.15, 0.2) is 77.7 Å². The van der Waals surface area contributed by atoms with Crippen molar-refractivity contribution in [1.82, 2.24) is 20.2 Å². The fraction of sp³-hybridized carbons (Fsp3) is 0.0526. The highest BCUT2D eigenvalue weighted by Crippen LogP contribution is 2.19. The number of carbonyl (C=O) groups excluding carboxylic acids is 1. The summed E-state index contributed by atoms with van der Waals surface area (Å²) in [5, 5.41) is 13.9. The molecule has 0 radical (unpaired) electrons. The van der Waals surface area contributed by atoms with Crippen molar-refractivity contribution in [3.63, 3.8) is 0 Å². The number of amides is 1. The molecule has 0 unspecified atom stereocenters. The quantitative estimate of drug-likeness (QED) is 0.567. The van der Waals surface area contributed by atoms with Crippen LogP contribution in [0, 0.1) is 0 Å². The summed E-state index contributed by atoms with van der Waals surface area (Å²) in [6.45, 7) is 0.157. The lowest BCUT2D eigenvalue weighted by molar-refractivity contribution is 0.102. The van der Waals surface area contributed by atoms with Gasteiger partial charge in [0.2, 0.25) is 0 Å². The highest BCUT2D eigenvalue weighted by atomic mass is 16.5. The molecule has 1 amide bonds. The zero-order chi connectivity index (χ0) is 18.5. The standard InChI is InChI=1S/C19H15N5O3/c25-19(21-14-5-4-6-15(11-14)24-13-20-22-23-24)17-9-10-26-18(17)12-27-16-7-2-1-3-8-16/h1-11,13H,12H2,(H,21,25). The first kappa shape index (κ1) is 16.5. The molecule has 0 spiro atoms. The number of hydrogen-bond acceptors (Lipinski definition) is 6. The Kier molecular flexibility index (Phi) is 4.60. The van der Waals surface area contributed by atoms with Crippen molar-refractivity contribution in [2.45, 2.75) is 6.61 Å². The minimum atomic E-state index is -0.288. The van der Waals surface area contributed by atoms with Crippen LogP contribution in [0.5, 0.6) is 5.75 Å². The molecule has 134 valence electrons. The Hall–Kier alpha value is -3.94. The van der Waals surface area contributed by atoms with Crippen LogP contribution >= 0.6 is 0 Å². The van der Waals surface area contributed by atoms with E-state index in [0.717, 1.165) is 5.69 Å². The second kappa shape index (κ2) is 7.52. The van der Waals surface area contributed by atoms with Gasteiger partial charge in [-0.15, -0.1) is 5.10 Å². The molecule has 0 bridgehead atoms. The van der Waals surface area contributed by atoms with Crippen molar-refractivity contribution in [2.75, 3.05) is 5.32 Å². The van der Waals surface area contributed by atoms with E-state index >= 15 is 0 Å². The van der Waals surface area contributed by atoms with Gasteiger partial charge in [0.25, 0.3) is 5.91 Å². The molecule has 4 aromatic rings. The van der Waals surface area contributed by atoms with E-state index in [1.165, 1.54) is 17.3 Å². The minimum Gasteiger partial charge on any atom is -0.486 e. The Balaban J connectivity index is 1.46. The van der Waals surface area contributed by atoms with Crippen molar-refractivity contribution in [3.05, 3.63) is 84.6 Å². The maximum Gasteiger partial charge on any atom is 0.259 e. The summed E-state index contributed by atoms with van der Waals surface area (Å²) in [6, 6.07) is 18.2. The second-order valence-electron chi connectivity index (χ2n) is 5.62. The van der Waals surface area contributed by atoms with E-state index in [1.54, 1.807) is 24.3 Å². The summed E-state index contributed by atoms with van der Waals surface area (Å²) in [4.78, 5) is 12.6. The Morgan fingerprint density at radius 2 is 2.00 bits per heavy atom. The van der Waals surface area contributed by atoms with Crippen LogP contribution in [-0.2, 0) is 6.61 Å². The Labute approximate surface area is 154 Å². The topological polar surface area (TPSA) is 95.1 Å². The van der Waals surface area contributed by atoms with Crippen molar-refractivity contribution >= 4 is 11.6 Å². The predicted octanol–water partition coefficient (Wildman–Crippen LogP) is 3.09. The van der Waals surface area contributed by atoms with E-state index in [1.807, 2.05) is 36.4 Å². The highest BCUT2D eigenvalue weighted by molar-refractivity contribution is 6.05. The van der Waals surface area contributed by atoms with Crippen LogP contribution in [0.3, 0.4) is 0 Å². The molecular formula is C19H15N5O3. The number of furan rings is 1. The van der Waals surface area contributed by atoms with Crippen LogP contribution in [0.2, 0.25) is 0 Å². The average Bonchev–Trinajstić information content (AvgIpc) is 3.39. The molecule has 4 rings (SSSR count). The molecule has 0 aliphatic rings. The normalized spacial score (nSPS) is 10.5. The first-order chi connectivity index (χ1) is 13.3. The maximum absolute atomic E-state index is 12.6. The van der Waals surface area contributed by atoms with Gasteiger partial charge in [0, 0.05) is 5.69 Å². The summed E-state index contributed by atoms with van der Waals surface area (Å²) < 4.78 is 12.6. The van der Waals surface area contributed by atoms with Crippen molar-refractivity contribution in [3.8, 4) is 11.4 Å². The number of nitrogens with zero attached hydrogens (tertiary/aromatic N) is 4. The van der Waals surface area contributed by atoms with Gasteiger partial charge in [-0.1, -0.05) is 24.3 Å². The van der Waals surface area contributed by atoms with Crippen LogP contribution in [0.25, 0.3) is 5.69 Å². The number of ether oxygens (including phenoxy) is 1. The summed E-state index contributed by atoms with van der Waals surface area (Å²) >= 11 is 0. The molecular weight excluding hydrogens is 346 g/mol. The summed E-state index contributed by atoms with van der Waals surface area (Å²) in [6.07, 6.45) is 2.95. The van der Waals surface area contributed by atoms with Gasteiger partial charge in [-0.2, -0.15) is 0 Å². The zero-order valence-corrected chi connectivity index (χ0v) is 14.1. The number of aromatic nitrogens is 4. The number of tetrazole rings is 1. The average molecular weight is 361 g/mol. The Bertz CT molecular complexity index is 1030. The van der Waals surface area contributed by atoms with E-state index in [2.05, 4.69) is 20.8 Å². The van der Waals surface area contributed by atoms with E-state index in [4.69, 9.17) is 9.15 Å². The lowest BCUT2D eigenvalue weighted by Crippen LogP contribution is -2.14. The molecule has 1 N–H and O–H groups in total. The smallest absolute Gasteiger partial charge is 0.259 e. The molecule has 2 heterocycles. The zero-order valence-electron chi connectivity index (χ0n) is 14.1. The number of nitrogens with one attached hydrogen (secondary N) is 1. The lowest BCUT2D eigenvalue weighted by Gasteiger charge is -2.08. The van der Waals surface area contributed by atoms with Gasteiger partial charge in [0.1, 0.15) is 18.7 Å². The number of anilines is 1. The number of para-hydroxylation sites is 1. The Morgan fingerprint density at radius 1 is 1.11 bits per heavy atom. The minimum absolute atomic E-state index is 0.157. The van der Waals surface area contributed by atoms with E-state index < -0.39 is 0 Å². The monoisotopic (exact) mass is 361 g/mol. The van der Waals surface area contributed by atoms with Crippen molar-refractivity contribution in [1.29, 1.82) is 0 Å². The van der Waals surface area contributed by atoms with Crippen LogP contribution in [-0.4, -0.2) is 26.1 Å². The van der Waals surface area contributed by atoms with E-state index in [0.29, 0.717) is 22.8 Å². The summed E-state index contributed by atoms with van der Waals surface area (Å²) in [7, 11) is 0. The number of rotatable bonds is 6. The van der Waals surface area contributed by atoms with Gasteiger partial charge >= 0.3 is 0 Å². The summed E-state index contributed by atoms with van der Waals surface area (Å²) in [5.74, 6) is 0.867. The van der Waals surface area contributed by atoms with Crippen LogP contribution < -0.4 is 10.1 Å². The molecule has 0 atom stereocenters. The van der Waals surface area contributed by atoms with Gasteiger partial charge in [-0.3, -0.25) is 4.79 Å². The van der Waals surface area contributed by atoms with Gasteiger partial charge in [0.15, 0.2) is 5.76 Å². The third-order valence-electron chi connectivity index (χ3n) is 3.82. The molecule has 2 aromatic carbocycles. The summed E-state index contributed by atoms with van der Waals surface area (Å²) in [5.41, 5.74) is 1.76. The molecule has 0 saturated carbocycles. The third-order valence-corrected chi connectivity index (χ3v) is 3.82. The largest absolute Gasteiger partial charge is 0.486 e. The Morgan fingerprint density at radius 3 is 2.81 bits per heavy atom. The number of benzene rings is 2. The van der Waals surface area contributed by atoms with Gasteiger partial charge in [0.05, 0.1) is 17.5 Å². The van der Waals surface area contributed by atoms with Gasteiger partial charge in [-0.25, -0.2) is 4.68 Å².